The highest BCUT2D eigenvalue weighted by molar-refractivity contribution is 7.47. The average Bonchev–Trinajstić information content (AvgIpc) is 3.61. The van der Waals surface area contributed by atoms with E-state index in [1.54, 1.807) is 0 Å². The number of ether oxygens (including phenoxy) is 2. The number of hydrogen-bond acceptors (Lipinski definition) is 14. The lowest BCUT2D eigenvalue weighted by atomic mass is 10.2. The van der Waals surface area contributed by atoms with Gasteiger partial charge in [-0.05, 0) is 6.92 Å². The molecule has 5 rings (SSSR count). The van der Waals surface area contributed by atoms with Gasteiger partial charge in [0.05, 0.1) is 19.5 Å². The number of nitrogen functional groups attached to an aromatic ring is 1. The molecule has 7 N–H and O–H groups in total. The Hall–Kier alpha value is -2.87. The van der Waals surface area contributed by atoms with Crippen LogP contribution in [0.2, 0.25) is 0 Å². The number of phosphoric acid groups is 2. The number of aliphatic hydroxyl groups excluding tert-OH is 1. The normalized spacial score (nSPS) is 27.9. The van der Waals surface area contributed by atoms with Gasteiger partial charge < -0.3 is 35.0 Å². The molecule has 1 unspecified atom stereocenters. The van der Waals surface area contributed by atoms with Crippen molar-refractivity contribution in [2.24, 2.45) is 0 Å². The van der Waals surface area contributed by atoms with Crippen molar-refractivity contribution in [2.45, 2.75) is 56.6 Å². The van der Waals surface area contributed by atoms with Crippen molar-refractivity contribution in [3.05, 3.63) is 45.3 Å². The molecule has 0 aliphatic carbocycles. The number of aryl methyl sites for hydroxylation is 1. The fourth-order valence-corrected chi connectivity index (χ4v) is 6.24. The molecule has 0 radical (unpaired) electrons. The number of hydrogen-bond donors (Lipinski definition) is 6. The largest absolute Gasteiger partial charge is 0.472 e. The molecule has 0 bridgehead atoms. The van der Waals surface area contributed by atoms with E-state index in [4.69, 9.17) is 28.8 Å². The van der Waals surface area contributed by atoms with Gasteiger partial charge in [0.1, 0.15) is 48.7 Å². The zero-order valence-electron chi connectivity index (χ0n) is 21.7. The van der Waals surface area contributed by atoms with Gasteiger partial charge in [0.2, 0.25) is 0 Å². The van der Waals surface area contributed by atoms with Gasteiger partial charge in [-0.2, -0.15) is 0 Å². The lowest BCUT2D eigenvalue weighted by molar-refractivity contribution is -0.0560. The molecule has 230 valence electrons. The van der Waals surface area contributed by atoms with Crippen LogP contribution in [0.5, 0.6) is 0 Å². The van der Waals surface area contributed by atoms with Crippen LogP contribution in [0.3, 0.4) is 0 Å². The van der Waals surface area contributed by atoms with Crippen LogP contribution in [0.1, 0.15) is 30.9 Å². The number of rotatable bonds is 10. The molecule has 22 heteroatoms. The molecule has 20 nitrogen and oxygen atoms in total. The van der Waals surface area contributed by atoms with E-state index in [9.17, 15) is 38.5 Å². The lowest BCUT2D eigenvalue weighted by Gasteiger charge is -2.23. The first-order chi connectivity index (χ1) is 19.7. The minimum absolute atomic E-state index is 0.0953. The van der Waals surface area contributed by atoms with Crippen molar-refractivity contribution in [3.8, 4) is 0 Å². The fraction of sp³-hybridized carbons (Fsp3) is 0.550. The number of aliphatic hydroxyl groups is 1. The summed E-state index contributed by atoms with van der Waals surface area (Å²) in [5, 5.41) is 9.73. The number of nitrogens with one attached hydrogen (secondary N) is 1. The number of phosphoric ester groups is 2. The summed E-state index contributed by atoms with van der Waals surface area (Å²) in [7, 11) is -9.94. The standard InChI is InChI=1S/C20H27N7O13P2/c1-9-4-26(20(30)25-19(9)29)14-2-10(12(5-28)37-14)40-42(34,35)36-6-13-11(39-41(31,32)33)3-15(38-13)27-8-24-16-17(21)22-7-23-18(16)27/h4,7-8,10-15,28H,2-3,5-6H2,1H3,(H,34,35)(H2,21,22,23)(H,25,29,30)(H2,31,32,33)/t10-,11-,12+,13+,14+,15+/m0/s1. The monoisotopic (exact) mass is 635 g/mol. The Morgan fingerprint density at radius 3 is 2.40 bits per heavy atom. The zero-order valence-corrected chi connectivity index (χ0v) is 23.5. The third-order valence-electron chi connectivity index (χ3n) is 6.64. The minimum atomic E-state index is -5.02. The number of aromatic amines is 1. The number of nitrogens with two attached hydrogens (primary N) is 1. The van der Waals surface area contributed by atoms with E-state index >= 15 is 0 Å². The smallest absolute Gasteiger partial charge is 0.394 e. The van der Waals surface area contributed by atoms with E-state index in [-0.39, 0.29) is 35.4 Å². The average molecular weight is 635 g/mol. The van der Waals surface area contributed by atoms with Crippen molar-refractivity contribution in [3.63, 3.8) is 0 Å². The number of nitrogens with zero attached hydrogens (tertiary/aromatic N) is 5. The Kier molecular flexibility index (Phi) is 8.49. The second-order valence-corrected chi connectivity index (χ2v) is 12.1. The van der Waals surface area contributed by atoms with Crippen molar-refractivity contribution in [1.82, 2.24) is 29.1 Å². The molecule has 0 amide bonds. The van der Waals surface area contributed by atoms with Crippen LogP contribution in [-0.4, -0.2) is 86.5 Å². The first-order valence-electron chi connectivity index (χ1n) is 12.3. The molecule has 2 saturated heterocycles. The van der Waals surface area contributed by atoms with E-state index in [1.165, 1.54) is 30.3 Å². The molecule has 3 aromatic heterocycles. The molecule has 0 spiro atoms. The summed E-state index contributed by atoms with van der Waals surface area (Å²) in [6.07, 6.45) is -3.45. The van der Waals surface area contributed by atoms with Crippen LogP contribution in [0.15, 0.2) is 28.4 Å². The molecule has 2 aliphatic heterocycles. The summed E-state index contributed by atoms with van der Waals surface area (Å²) in [6.45, 7) is 0.115. The van der Waals surface area contributed by atoms with E-state index in [1.807, 2.05) is 0 Å². The summed E-state index contributed by atoms with van der Waals surface area (Å²) in [5.74, 6) is 0.0953. The third kappa shape index (κ3) is 6.53. The molecular weight excluding hydrogens is 608 g/mol. The van der Waals surface area contributed by atoms with Gasteiger partial charge in [0, 0.05) is 24.6 Å². The number of H-pyrrole nitrogens is 1. The highest BCUT2D eigenvalue weighted by Gasteiger charge is 2.45. The summed E-state index contributed by atoms with van der Waals surface area (Å²) >= 11 is 0. The predicted octanol–water partition coefficient (Wildman–Crippen LogP) is -1.19. The molecular formula is C20H27N7O13P2. The van der Waals surface area contributed by atoms with Gasteiger partial charge in [-0.3, -0.25) is 32.5 Å². The first kappa shape index (κ1) is 30.6. The molecule has 2 aliphatic rings. The third-order valence-corrected chi connectivity index (χ3v) is 8.20. The summed E-state index contributed by atoms with van der Waals surface area (Å²) in [6, 6.07) is 0. The molecule has 42 heavy (non-hydrogen) atoms. The second-order valence-electron chi connectivity index (χ2n) is 9.52. The van der Waals surface area contributed by atoms with Crippen molar-refractivity contribution < 1.29 is 52.0 Å². The predicted molar refractivity (Wildman–Crippen MR) is 138 cm³/mol. The Morgan fingerprint density at radius 2 is 1.71 bits per heavy atom. The van der Waals surface area contributed by atoms with E-state index in [0.29, 0.717) is 0 Å². The number of aromatic nitrogens is 6. The minimum Gasteiger partial charge on any atom is -0.394 e. The first-order valence-corrected chi connectivity index (χ1v) is 15.3. The van der Waals surface area contributed by atoms with Crippen LogP contribution in [0.4, 0.5) is 5.82 Å². The second kappa shape index (κ2) is 11.7. The van der Waals surface area contributed by atoms with Crippen LogP contribution in [0.25, 0.3) is 11.2 Å². The van der Waals surface area contributed by atoms with E-state index < -0.39 is 77.0 Å². The highest BCUT2D eigenvalue weighted by atomic mass is 31.2. The summed E-state index contributed by atoms with van der Waals surface area (Å²) < 4.78 is 53.6. The van der Waals surface area contributed by atoms with Crippen molar-refractivity contribution in [1.29, 1.82) is 0 Å². The van der Waals surface area contributed by atoms with Crippen LogP contribution in [0, 0.1) is 6.92 Å². The van der Waals surface area contributed by atoms with Crippen molar-refractivity contribution >= 4 is 32.6 Å². The number of imidazole rings is 1. The Balaban J connectivity index is 1.28. The van der Waals surface area contributed by atoms with Crippen LogP contribution >= 0.6 is 15.6 Å². The topological polar surface area (TPSA) is 286 Å². The van der Waals surface area contributed by atoms with Gasteiger partial charge >= 0.3 is 21.3 Å². The Morgan fingerprint density at radius 1 is 1.05 bits per heavy atom. The maximum absolute atomic E-state index is 12.9. The molecule has 2 fully saturated rings. The number of fused-ring (bicyclic) bond motifs is 1. The Labute approximate surface area is 234 Å². The van der Waals surface area contributed by atoms with Gasteiger partial charge in [0.25, 0.3) is 5.56 Å². The fourth-order valence-electron chi connectivity index (χ4n) is 4.70. The van der Waals surface area contributed by atoms with Crippen LogP contribution < -0.4 is 17.0 Å². The SMILES string of the molecule is Cc1cn([C@H]2C[C@H](OP(=O)(O)OC[C@H]3O[C@@H](n4cnc5c(N)ncnc54)C[C@@H]3OP(=O)(O)O)[C@@H](CO)O2)c(=O)[nH]c1=O. The molecule has 0 saturated carbocycles. The lowest BCUT2D eigenvalue weighted by Crippen LogP contribution is -2.33. The Bertz CT molecular complexity index is 1670. The molecule has 5 heterocycles. The van der Waals surface area contributed by atoms with Gasteiger partial charge in [-0.25, -0.2) is 28.9 Å². The summed E-state index contributed by atoms with van der Waals surface area (Å²) in [5.41, 5.74) is 5.16. The molecule has 0 aromatic carbocycles. The van der Waals surface area contributed by atoms with Crippen molar-refractivity contribution in [2.75, 3.05) is 18.9 Å². The summed E-state index contributed by atoms with van der Waals surface area (Å²) in [4.78, 5) is 67.3. The maximum atomic E-state index is 12.9. The van der Waals surface area contributed by atoms with Gasteiger partial charge in [0.15, 0.2) is 11.5 Å². The maximum Gasteiger partial charge on any atom is 0.472 e. The number of anilines is 1. The van der Waals surface area contributed by atoms with Gasteiger partial charge in [-0.1, -0.05) is 0 Å². The molecule has 7 atom stereocenters. The van der Waals surface area contributed by atoms with E-state index in [2.05, 4.69) is 19.9 Å². The quantitative estimate of drug-likeness (QED) is 0.143. The highest BCUT2D eigenvalue weighted by Crippen LogP contribution is 2.50. The zero-order chi connectivity index (χ0) is 30.4. The van der Waals surface area contributed by atoms with Crippen LogP contribution in [-0.2, 0) is 32.2 Å². The van der Waals surface area contributed by atoms with E-state index in [0.717, 1.165) is 4.57 Å². The van der Waals surface area contributed by atoms with Gasteiger partial charge in [-0.15, -0.1) is 0 Å². The molecule has 3 aromatic rings.